The van der Waals surface area contributed by atoms with E-state index in [-0.39, 0.29) is 18.6 Å². The van der Waals surface area contributed by atoms with Gasteiger partial charge in [-0.05, 0) is 26.0 Å². The van der Waals surface area contributed by atoms with E-state index in [4.69, 9.17) is 5.11 Å². The third-order valence-electron chi connectivity index (χ3n) is 1.62. The molecule has 13 heavy (non-hydrogen) atoms. The fraction of sp³-hybridized carbons (Fsp3) is 0.444. The Balaban J connectivity index is 2.58. The van der Waals surface area contributed by atoms with Crippen LogP contribution in [0.2, 0.25) is 0 Å². The van der Waals surface area contributed by atoms with Crippen LogP contribution in [0.4, 0.5) is 0 Å². The van der Waals surface area contributed by atoms with Gasteiger partial charge in [0, 0.05) is 10.9 Å². The van der Waals surface area contributed by atoms with Gasteiger partial charge in [-0.2, -0.15) is 0 Å². The number of rotatable bonds is 3. The minimum atomic E-state index is -0.185. The van der Waals surface area contributed by atoms with Crippen LogP contribution in [-0.2, 0) is 0 Å². The minimum absolute atomic E-state index is 0.0316. The van der Waals surface area contributed by atoms with Gasteiger partial charge in [0.05, 0.1) is 11.5 Å². The molecule has 1 aromatic heterocycles. The van der Waals surface area contributed by atoms with Gasteiger partial charge in [-0.15, -0.1) is 11.3 Å². The zero-order valence-corrected chi connectivity index (χ0v) is 8.52. The van der Waals surface area contributed by atoms with E-state index in [1.165, 1.54) is 11.3 Å². The predicted molar refractivity (Wildman–Crippen MR) is 53.1 cm³/mol. The standard InChI is InChI=1S/C9H13NO2S/c1-6(5-11)10-9(12)8-4-3-7(2)13-8/h3-4,6,11H,5H2,1-2H3,(H,10,12)/t6-/m0/s1. The van der Waals surface area contributed by atoms with Gasteiger partial charge in [0.15, 0.2) is 0 Å². The van der Waals surface area contributed by atoms with E-state index in [1.54, 1.807) is 13.0 Å². The Labute approximate surface area is 81.4 Å². The molecule has 1 atom stereocenters. The molecule has 4 heteroatoms. The fourth-order valence-electron chi connectivity index (χ4n) is 0.897. The highest BCUT2D eigenvalue weighted by Gasteiger charge is 2.09. The van der Waals surface area contributed by atoms with Crippen LogP contribution < -0.4 is 5.32 Å². The van der Waals surface area contributed by atoms with Crippen molar-refractivity contribution in [2.24, 2.45) is 0 Å². The lowest BCUT2D eigenvalue weighted by Gasteiger charge is -2.08. The quantitative estimate of drug-likeness (QED) is 0.767. The third-order valence-corrected chi connectivity index (χ3v) is 2.61. The van der Waals surface area contributed by atoms with E-state index in [2.05, 4.69) is 5.32 Å². The van der Waals surface area contributed by atoms with Gasteiger partial charge in [-0.25, -0.2) is 0 Å². The monoisotopic (exact) mass is 199 g/mol. The van der Waals surface area contributed by atoms with E-state index in [0.717, 1.165) is 4.88 Å². The highest BCUT2D eigenvalue weighted by atomic mass is 32.1. The molecule has 3 nitrogen and oxygen atoms in total. The summed E-state index contributed by atoms with van der Waals surface area (Å²) in [4.78, 5) is 13.2. The fourth-order valence-corrected chi connectivity index (χ4v) is 1.67. The lowest BCUT2D eigenvalue weighted by atomic mass is 10.3. The topological polar surface area (TPSA) is 49.3 Å². The molecular formula is C9H13NO2S. The average Bonchev–Trinajstić information content (AvgIpc) is 2.51. The summed E-state index contributed by atoms with van der Waals surface area (Å²) in [5.74, 6) is -0.111. The van der Waals surface area contributed by atoms with Gasteiger partial charge in [-0.3, -0.25) is 4.79 Å². The molecular weight excluding hydrogens is 186 g/mol. The minimum Gasteiger partial charge on any atom is -0.394 e. The molecule has 0 spiro atoms. The van der Waals surface area contributed by atoms with Crippen molar-refractivity contribution in [3.8, 4) is 0 Å². The van der Waals surface area contributed by atoms with Crippen molar-refractivity contribution in [1.82, 2.24) is 5.32 Å². The van der Waals surface area contributed by atoms with E-state index in [9.17, 15) is 4.79 Å². The highest BCUT2D eigenvalue weighted by molar-refractivity contribution is 7.13. The Kier molecular flexibility index (Phi) is 3.45. The molecule has 1 rings (SSSR count). The van der Waals surface area contributed by atoms with E-state index >= 15 is 0 Å². The average molecular weight is 199 g/mol. The summed E-state index contributed by atoms with van der Waals surface area (Å²) in [6.07, 6.45) is 0. The second-order valence-corrected chi connectivity index (χ2v) is 4.26. The van der Waals surface area contributed by atoms with Crippen molar-refractivity contribution in [2.45, 2.75) is 19.9 Å². The summed E-state index contributed by atoms with van der Waals surface area (Å²) in [6, 6.07) is 3.51. The van der Waals surface area contributed by atoms with Crippen LogP contribution in [-0.4, -0.2) is 23.7 Å². The number of amides is 1. The molecule has 2 N–H and O–H groups in total. The van der Waals surface area contributed by atoms with Gasteiger partial charge in [0.2, 0.25) is 0 Å². The maximum Gasteiger partial charge on any atom is 0.261 e. The molecule has 1 aromatic rings. The molecule has 0 fully saturated rings. The number of carbonyl (C=O) groups is 1. The Morgan fingerprint density at radius 3 is 2.85 bits per heavy atom. The van der Waals surface area contributed by atoms with Crippen LogP contribution >= 0.6 is 11.3 Å². The van der Waals surface area contributed by atoms with Crippen LogP contribution in [0.25, 0.3) is 0 Å². The first-order valence-electron chi connectivity index (χ1n) is 4.11. The number of nitrogens with one attached hydrogen (secondary N) is 1. The summed E-state index contributed by atoms with van der Waals surface area (Å²) in [5.41, 5.74) is 0. The Morgan fingerprint density at radius 1 is 1.69 bits per heavy atom. The number of aliphatic hydroxyl groups is 1. The number of aliphatic hydroxyl groups excluding tert-OH is 1. The van der Waals surface area contributed by atoms with Gasteiger partial charge in [0.1, 0.15) is 0 Å². The molecule has 0 bridgehead atoms. The number of hydrogen-bond donors (Lipinski definition) is 2. The second-order valence-electron chi connectivity index (χ2n) is 2.97. The van der Waals surface area contributed by atoms with Crippen LogP contribution in [0.5, 0.6) is 0 Å². The molecule has 1 amide bonds. The number of aryl methyl sites for hydroxylation is 1. The van der Waals surface area contributed by atoms with E-state index in [0.29, 0.717) is 4.88 Å². The third kappa shape index (κ3) is 2.82. The van der Waals surface area contributed by atoms with Crippen molar-refractivity contribution in [3.63, 3.8) is 0 Å². The summed E-state index contributed by atoms with van der Waals surface area (Å²) < 4.78 is 0. The zero-order chi connectivity index (χ0) is 9.84. The zero-order valence-electron chi connectivity index (χ0n) is 7.70. The SMILES string of the molecule is Cc1ccc(C(=O)N[C@@H](C)CO)s1. The van der Waals surface area contributed by atoms with Gasteiger partial charge in [-0.1, -0.05) is 0 Å². The Bertz CT molecular complexity index is 296. The van der Waals surface area contributed by atoms with Crippen LogP contribution in [0, 0.1) is 6.92 Å². The van der Waals surface area contributed by atoms with Crippen molar-refractivity contribution in [2.75, 3.05) is 6.61 Å². The molecule has 72 valence electrons. The number of hydrogen-bond acceptors (Lipinski definition) is 3. The molecule has 0 aliphatic carbocycles. The van der Waals surface area contributed by atoms with E-state index in [1.807, 2.05) is 13.0 Å². The predicted octanol–water partition coefficient (Wildman–Crippen LogP) is 1.17. The molecule has 0 aromatic carbocycles. The summed E-state index contributed by atoms with van der Waals surface area (Å²) >= 11 is 1.45. The maximum atomic E-state index is 11.4. The molecule has 0 unspecified atom stereocenters. The summed E-state index contributed by atoms with van der Waals surface area (Å²) in [6.45, 7) is 3.69. The molecule has 1 heterocycles. The Morgan fingerprint density at radius 2 is 2.38 bits per heavy atom. The molecule has 0 aliphatic heterocycles. The van der Waals surface area contributed by atoms with Crippen molar-refractivity contribution < 1.29 is 9.90 Å². The Hall–Kier alpha value is -0.870. The number of thiophene rings is 1. The van der Waals surface area contributed by atoms with Gasteiger partial charge in [0.25, 0.3) is 5.91 Å². The summed E-state index contributed by atoms with van der Waals surface area (Å²) in [5, 5.41) is 11.4. The van der Waals surface area contributed by atoms with Gasteiger partial charge < -0.3 is 10.4 Å². The highest BCUT2D eigenvalue weighted by Crippen LogP contribution is 2.14. The van der Waals surface area contributed by atoms with Crippen LogP contribution in [0.3, 0.4) is 0 Å². The molecule has 0 saturated heterocycles. The van der Waals surface area contributed by atoms with Crippen molar-refractivity contribution in [1.29, 1.82) is 0 Å². The van der Waals surface area contributed by atoms with Crippen molar-refractivity contribution >= 4 is 17.2 Å². The lowest BCUT2D eigenvalue weighted by molar-refractivity contribution is 0.0926. The van der Waals surface area contributed by atoms with E-state index < -0.39 is 0 Å². The molecule has 0 aliphatic rings. The smallest absolute Gasteiger partial charge is 0.261 e. The van der Waals surface area contributed by atoms with Crippen LogP contribution in [0.1, 0.15) is 21.5 Å². The van der Waals surface area contributed by atoms with Crippen molar-refractivity contribution in [3.05, 3.63) is 21.9 Å². The maximum absolute atomic E-state index is 11.4. The first-order chi connectivity index (χ1) is 6.13. The number of carbonyl (C=O) groups excluding carboxylic acids is 1. The van der Waals surface area contributed by atoms with Crippen LogP contribution in [0.15, 0.2) is 12.1 Å². The molecule has 0 saturated carbocycles. The van der Waals surface area contributed by atoms with Gasteiger partial charge >= 0.3 is 0 Å². The normalized spacial score (nSPS) is 12.5. The first kappa shape index (κ1) is 10.2. The summed E-state index contributed by atoms with van der Waals surface area (Å²) in [7, 11) is 0. The largest absolute Gasteiger partial charge is 0.394 e. The first-order valence-corrected chi connectivity index (χ1v) is 4.93. The lowest BCUT2D eigenvalue weighted by Crippen LogP contribution is -2.34. The second kappa shape index (κ2) is 4.39. The molecule has 0 radical (unpaired) electrons.